The molecule has 7 nitrogen and oxygen atoms in total. The molecular formula is C13H16N2O5S. The van der Waals surface area contributed by atoms with E-state index in [9.17, 15) is 13.2 Å². The maximum Gasteiger partial charge on any atom is 0.328 e. The molecule has 0 amide bonds. The van der Waals surface area contributed by atoms with E-state index in [1.165, 1.54) is 28.8 Å². The van der Waals surface area contributed by atoms with Gasteiger partial charge < -0.3 is 9.84 Å². The molecule has 1 N–H and O–H groups in total. The van der Waals surface area contributed by atoms with Crippen LogP contribution < -0.4 is 0 Å². The normalized spacial score (nSPS) is 17.7. The number of ether oxygens (including phenoxy) is 1. The Hall–Kier alpha value is -1.77. The smallest absolute Gasteiger partial charge is 0.328 e. The van der Waals surface area contributed by atoms with E-state index in [2.05, 4.69) is 4.98 Å². The van der Waals surface area contributed by atoms with E-state index in [1.807, 2.05) is 0 Å². The van der Waals surface area contributed by atoms with Crippen LogP contribution >= 0.6 is 0 Å². The zero-order valence-corrected chi connectivity index (χ0v) is 12.1. The molecule has 21 heavy (non-hydrogen) atoms. The van der Waals surface area contributed by atoms with Gasteiger partial charge in [-0.2, -0.15) is 4.31 Å². The molecule has 2 rings (SSSR count). The minimum Gasteiger partial charge on any atom is -0.478 e. The van der Waals surface area contributed by atoms with Crippen molar-refractivity contribution >= 4 is 22.1 Å². The summed E-state index contributed by atoms with van der Waals surface area (Å²) in [6, 6.07) is 1.41. The first-order chi connectivity index (χ1) is 10.00. The second-order valence-electron chi connectivity index (χ2n) is 4.50. The number of carboxylic acid groups (broad SMARTS) is 1. The topological polar surface area (TPSA) is 96.8 Å². The van der Waals surface area contributed by atoms with Gasteiger partial charge in [0.15, 0.2) is 0 Å². The summed E-state index contributed by atoms with van der Waals surface area (Å²) in [6.45, 7) is 1.62. The molecule has 1 aromatic heterocycles. The fourth-order valence-electron chi connectivity index (χ4n) is 1.95. The van der Waals surface area contributed by atoms with Crippen molar-refractivity contribution in [2.75, 3.05) is 26.3 Å². The van der Waals surface area contributed by atoms with Gasteiger partial charge >= 0.3 is 5.97 Å². The summed E-state index contributed by atoms with van der Waals surface area (Å²) in [6.07, 6.45) is 5.56. The molecule has 0 radical (unpaired) electrons. The van der Waals surface area contributed by atoms with Crippen LogP contribution in [0.1, 0.15) is 12.0 Å². The fourth-order valence-corrected chi connectivity index (χ4v) is 3.41. The molecular weight excluding hydrogens is 296 g/mol. The van der Waals surface area contributed by atoms with Crippen molar-refractivity contribution in [3.05, 3.63) is 30.1 Å². The Morgan fingerprint density at radius 3 is 2.90 bits per heavy atom. The Labute approximate surface area is 122 Å². The second kappa shape index (κ2) is 6.79. The van der Waals surface area contributed by atoms with Crippen LogP contribution in [0.4, 0.5) is 0 Å². The van der Waals surface area contributed by atoms with Crippen molar-refractivity contribution < 1.29 is 23.1 Å². The second-order valence-corrected chi connectivity index (χ2v) is 6.43. The van der Waals surface area contributed by atoms with E-state index < -0.39 is 16.0 Å². The Morgan fingerprint density at radius 1 is 1.33 bits per heavy atom. The molecule has 0 aromatic carbocycles. The summed E-state index contributed by atoms with van der Waals surface area (Å²) in [5, 5.41) is 8.59. The van der Waals surface area contributed by atoms with Gasteiger partial charge in [-0.3, -0.25) is 4.98 Å². The van der Waals surface area contributed by atoms with Crippen LogP contribution in [0.3, 0.4) is 0 Å². The Morgan fingerprint density at radius 2 is 2.14 bits per heavy atom. The summed E-state index contributed by atoms with van der Waals surface area (Å²) in [4.78, 5) is 14.4. The molecule has 0 unspecified atom stereocenters. The molecule has 1 aliphatic rings. The first kappa shape index (κ1) is 15.6. The SMILES string of the molecule is O=C(O)C=Cc1cncc(S(=O)(=O)N2CCCOCC2)c1. The Balaban J connectivity index is 2.27. The third-order valence-corrected chi connectivity index (χ3v) is 4.84. The first-order valence-corrected chi connectivity index (χ1v) is 7.88. The van der Waals surface area contributed by atoms with Crippen molar-refractivity contribution in [3.63, 3.8) is 0 Å². The molecule has 0 atom stereocenters. The summed E-state index contributed by atoms with van der Waals surface area (Å²) in [7, 11) is -3.64. The van der Waals surface area contributed by atoms with Crippen LogP contribution in [0.15, 0.2) is 29.4 Å². The highest BCUT2D eigenvalue weighted by molar-refractivity contribution is 7.89. The van der Waals surface area contributed by atoms with E-state index in [0.717, 1.165) is 6.08 Å². The molecule has 8 heteroatoms. The molecule has 1 aromatic rings. The fraction of sp³-hybridized carbons (Fsp3) is 0.385. The third kappa shape index (κ3) is 4.10. The van der Waals surface area contributed by atoms with Gasteiger partial charge in [-0.05, 0) is 24.1 Å². The number of aliphatic carboxylic acids is 1. The van der Waals surface area contributed by atoms with Crippen LogP contribution in [0, 0.1) is 0 Å². The largest absolute Gasteiger partial charge is 0.478 e. The predicted octanol–water partition coefficient (Wildman–Crippen LogP) is 0.590. The molecule has 0 saturated carbocycles. The summed E-state index contributed by atoms with van der Waals surface area (Å²) in [5.74, 6) is -1.10. The Kier molecular flexibility index (Phi) is 5.05. The molecule has 0 spiro atoms. The average molecular weight is 312 g/mol. The third-order valence-electron chi connectivity index (χ3n) is 2.97. The quantitative estimate of drug-likeness (QED) is 0.817. The zero-order valence-electron chi connectivity index (χ0n) is 11.3. The minimum atomic E-state index is -3.64. The molecule has 1 aliphatic heterocycles. The number of hydrogen-bond acceptors (Lipinski definition) is 5. The van der Waals surface area contributed by atoms with Crippen LogP contribution in [0.2, 0.25) is 0 Å². The van der Waals surface area contributed by atoms with Gasteiger partial charge in [-0.25, -0.2) is 13.2 Å². The number of carboxylic acids is 1. The lowest BCUT2D eigenvalue weighted by atomic mass is 10.2. The molecule has 1 saturated heterocycles. The highest BCUT2D eigenvalue weighted by Gasteiger charge is 2.25. The lowest BCUT2D eigenvalue weighted by Crippen LogP contribution is -2.33. The van der Waals surface area contributed by atoms with Crippen molar-refractivity contribution in [1.82, 2.24) is 9.29 Å². The van der Waals surface area contributed by atoms with Crippen LogP contribution in [-0.4, -0.2) is 55.1 Å². The highest BCUT2D eigenvalue weighted by Crippen LogP contribution is 2.18. The van der Waals surface area contributed by atoms with Crippen molar-refractivity contribution in [3.8, 4) is 0 Å². The van der Waals surface area contributed by atoms with Gasteiger partial charge in [0.2, 0.25) is 10.0 Å². The van der Waals surface area contributed by atoms with E-state index in [4.69, 9.17) is 9.84 Å². The number of hydrogen-bond donors (Lipinski definition) is 1. The monoisotopic (exact) mass is 312 g/mol. The molecule has 1 fully saturated rings. The van der Waals surface area contributed by atoms with Gasteiger partial charge in [-0.15, -0.1) is 0 Å². The van der Waals surface area contributed by atoms with Crippen LogP contribution in [-0.2, 0) is 19.6 Å². The average Bonchev–Trinajstić information content (AvgIpc) is 2.75. The highest BCUT2D eigenvalue weighted by atomic mass is 32.2. The van der Waals surface area contributed by atoms with Crippen molar-refractivity contribution in [2.24, 2.45) is 0 Å². The van der Waals surface area contributed by atoms with Gasteiger partial charge in [0.1, 0.15) is 4.90 Å². The lowest BCUT2D eigenvalue weighted by Gasteiger charge is -2.19. The van der Waals surface area contributed by atoms with Crippen LogP contribution in [0.25, 0.3) is 6.08 Å². The maximum absolute atomic E-state index is 12.5. The first-order valence-electron chi connectivity index (χ1n) is 6.44. The number of rotatable bonds is 4. The van der Waals surface area contributed by atoms with Gasteiger partial charge in [0.25, 0.3) is 0 Å². The van der Waals surface area contributed by atoms with E-state index in [1.54, 1.807) is 0 Å². The van der Waals surface area contributed by atoms with Crippen molar-refractivity contribution in [2.45, 2.75) is 11.3 Å². The molecule has 0 aliphatic carbocycles. The maximum atomic E-state index is 12.5. The number of pyridine rings is 1. The summed E-state index contributed by atoms with van der Waals surface area (Å²) in [5.41, 5.74) is 0.421. The molecule has 114 valence electrons. The van der Waals surface area contributed by atoms with E-state index in [0.29, 0.717) is 38.3 Å². The van der Waals surface area contributed by atoms with E-state index in [-0.39, 0.29) is 4.90 Å². The van der Waals surface area contributed by atoms with Gasteiger partial charge in [0.05, 0.1) is 6.61 Å². The summed E-state index contributed by atoms with van der Waals surface area (Å²) >= 11 is 0. The van der Waals surface area contributed by atoms with Gasteiger partial charge in [-0.1, -0.05) is 0 Å². The number of aromatic nitrogens is 1. The van der Waals surface area contributed by atoms with Gasteiger partial charge in [0, 0.05) is 38.2 Å². The standard InChI is InChI=1S/C13H16N2O5S/c16-13(17)3-2-11-8-12(10-14-9-11)21(18,19)15-4-1-6-20-7-5-15/h2-3,8-10H,1,4-7H2,(H,16,17). The Bertz CT molecular complexity index is 634. The predicted molar refractivity (Wildman–Crippen MR) is 75.1 cm³/mol. The minimum absolute atomic E-state index is 0.0527. The molecule has 2 heterocycles. The number of nitrogens with zero attached hydrogens (tertiary/aromatic N) is 2. The number of sulfonamides is 1. The zero-order chi connectivity index (χ0) is 15.3. The lowest BCUT2D eigenvalue weighted by molar-refractivity contribution is -0.131. The van der Waals surface area contributed by atoms with E-state index >= 15 is 0 Å². The summed E-state index contributed by atoms with van der Waals surface area (Å²) < 4.78 is 31.6. The molecule has 0 bridgehead atoms. The number of carbonyl (C=O) groups is 1. The van der Waals surface area contributed by atoms with Crippen LogP contribution in [0.5, 0.6) is 0 Å². The van der Waals surface area contributed by atoms with Crippen molar-refractivity contribution in [1.29, 1.82) is 0 Å².